The third-order valence-electron chi connectivity index (χ3n) is 4.08. The molecular formula is C21H24N2S. The summed E-state index contributed by atoms with van der Waals surface area (Å²) in [6, 6.07) is 20.8. The number of unbranched alkanes of at least 4 members (excludes halogenated alkanes) is 3. The van der Waals surface area contributed by atoms with Gasteiger partial charge in [-0.2, -0.15) is 0 Å². The number of rotatable bonds is 7. The molecule has 3 rings (SSSR count). The minimum absolute atomic E-state index is 1.02. The molecular weight excluding hydrogens is 312 g/mol. The molecule has 0 aliphatic carbocycles. The highest BCUT2D eigenvalue weighted by Gasteiger charge is 2.07. The molecule has 3 aromatic rings. The fourth-order valence-electron chi connectivity index (χ4n) is 2.78. The Balaban J connectivity index is 1.96. The fraction of sp³-hybridized carbons (Fsp3) is 0.286. The standard InChI is InChI=1S/C21H24N2S/c1-2-3-4-11-16-23-20(18-12-7-5-8-13-18)17-24-21(23)22-19-14-9-6-10-15-19/h5-10,12-15,17H,2-4,11,16H2,1H3. The normalized spacial score (nSPS) is 11.8. The number of hydrogen-bond acceptors (Lipinski definition) is 2. The van der Waals surface area contributed by atoms with Gasteiger partial charge in [0.15, 0.2) is 4.80 Å². The van der Waals surface area contributed by atoms with Crippen molar-refractivity contribution in [2.75, 3.05) is 0 Å². The summed E-state index contributed by atoms with van der Waals surface area (Å²) in [5, 5.41) is 2.23. The summed E-state index contributed by atoms with van der Waals surface area (Å²) >= 11 is 1.73. The Morgan fingerprint density at radius 2 is 1.58 bits per heavy atom. The van der Waals surface area contributed by atoms with Gasteiger partial charge in [-0.3, -0.25) is 0 Å². The van der Waals surface area contributed by atoms with Crippen molar-refractivity contribution in [2.45, 2.75) is 39.2 Å². The van der Waals surface area contributed by atoms with Crippen LogP contribution in [0.5, 0.6) is 0 Å². The number of benzene rings is 2. The predicted octanol–water partition coefficient (Wildman–Crippen LogP) is 6.03. The van der Waals surface area contributed by atoms with Crippen LogP contribution < -0.4 is 4.80 Å². The minimum atomic E-state index is 1.02. The second kappa shape index (κ2) is 8.65. The summed E-state index contributed by atoms with van der Waals surface area (Å²) < 4.78 is 2.38. The van der Waals surface area contributed by atoms with E-state index in [0.717, 1.165) is 17.0 Å². The third-order valence-corrected chi connectivity index (χ3v) is 4.95. The Kier molecular flexibility index (Phi) is 6.02. The summed E-state index contributed by atoms with van der Waals surface area (Å²) in [7, 11) is 0. The molecule has 0 radical (unpaired) electrons. The lowest BCUT2D eigenvalue weighted by Gasteiger charge is -2.09. The number of nitrogens with zero attached hydrogens (tertiary/aromatic N) is 2. The van der Waals surface area contributed by atoms with Crippen molar-refractivity contribution >= 4 is 17.0 Å². The molecule has 1 aromatic heterocycles. The van der Waals surface area contributed by atoms with Gasteiger partial charge in [-0.15, -0.1) is 11.3 Å². The topological polar surface area (TPSA) is 17.3 Å². The van der Waals surface area contributed by atoms with Crippen molar-refractivity contribution in [1.29, 1.82) is 0 Å². The first-order valence-electron chi connectivity index (χ1n) is 8.72. The Morgan fingerprint density at radius 3 is 2.29 bits per heavy atom. The second-order valence-corrected chi connectivity index (χ2v) is 6.77. The molecule has 0 atom stereocenters. The zero-order valence-corrected chi connectivity index (χ0v) is 15.0. The molecule has 2 nitrogen and oxygen atoms in total. The molecule has 0 aliphatic heterocycles. The van der Waals surface area contributed by atoms with Crippen molar-refractivity contribution in [3.05, 3.63) is 70.8 Å². The van der Waals surface area contributed by atoms with Crippen molar-refractivity contribution < 1.29 is 0 Å². The van der Waals surface area contributed by atoms with E-state index in [9.17, 15) is 0 Å². The van der Waals surface area contributed by atoms with Crippen molar-refractivity contribution in [2.24, 2.45) is 4.99 Å². The van der Waals surface area contributed by atoms with E-state index in [4.69, 9.17) is 4.99 Å². The van der Waals surface area contributed by atoms with E-state index < -0.39 is 0 Å². The Bertz CT molecular complexity index is 801. The molecule has 0 N–H and O–H groups in total. The molecule has 0 unspecified atom stereocenters. The van der Waals surface area contributed by atoms with Crippen LogP contribution in [0, 0.1) is 0 Å². The van der Waals surface area contributed by atoms with Crippen molar-refractivity contribution in [3.8, 4) is 11.3 Å². The SMILES string of the molecule is CCCCCCn1c(-c2ccccc2)csc1=Nc1ccccc1. The van der Waals surface area contributed by atoms with E-state index >= 15 is 0 Å². The van der Waals surface area contributed by atoms with E-state index in [1.807, 2.05) is 18.2 Å². The van der Waals surface area contributed by atoms with Crippen LogP contribution >= 0.6 is 11.3 Å². The largest absolute Gasteiger partial charge is 0.316 e. The Labute approximate surface area is 148 Å². The zero-order chi connectivity index (χ0) is 16.6. The van der Waals surface area contributed by atoms with E-state index in [0.29, 0.717) is 0 Å². The molecule has 24 heavy (non-hydrogen) atoms. The molecule has 0 amide bonds. The summed E-state index contributed by atoms with van der Waals surface area (Å²) in [4.78, 5) is 5.95. The maximum absolute atomic E-state index is 4.87. The minimum Gasteiger partial charge on any atom is -0.316 e. The maximum Gasteiger partial charge on any atom is 0.190 e. The van der Waals surface area contributed by atoms with Crippen LogP contribution in [-0.2, 0) is 6.54 Å². The lowest BCUT2D eigenvalue weighted by Crippen LogP contribution is -2.16. The molecule has 0 bridgehead atoms. The van der Waals surface area contributed by atoms with Gasteiger partial charge in [0.1, 0.15) is 0 Å². The second-order valence-electron chi connectivity index (χ2n) is 5.93. The first-order valence-corrected chi connectivity index (χ1v) is 9.60. The summed E-state index contributed by atoms with van der Waals surface area (Å²) in [5.41, 5.74) is 3.55. The van der Waals surface area contributed by atoms with Crippen molar-refractivity contribution in [1.82, 2.24) is 4.57 Å². The van der Waals surface area contributed by atoms with E-state index in [-0.39, 0.29) is 0 Å². The van der Waals surface area contributed by atoms with Crippen LogP contribution in [0.4, 0.5) is 5.69 Å². The van der Waals surface area contributed by atoms with Gasteiger partial charge >= 0.3 is 0 Å². The Hall–Kier alpha value is -2.13. The van der Waals surface area contributed by atoms with Gasteiger partial charge in [-0.05, 0) is 24.1 Å². The maximum atomic E-state index is 4.87. The molecule has 0 fully saturated rings. The Morgan fingerprint density at radius 1 is 0.875 bits per heavy atom. The highest BCUT2D eigenvalue weighted by Crippen LogP contribution is 2.21. The van der Waals surface area contributed by atoms with Gasteiger partial charge in [-0.1, -0.05) is 74.7 Å². The first kappa shape index (κ1) is 16.7. The number of hydrogen-bond donors (Lipinski definition) is 0. The number of thiazole rings is 1. The summed E-state index contributed by atoms with van der Waals surface area (Å²) in [5.74, 6) is 0. The fourth-order valence-corrected chi connectivity index (χ4v) is 3.74. The van der Waals surface area contributed by atoms with E-state index in [1.54, 1.807) is 11.3 Å². The van der Waals surface area contributed by atoms with E-state index in [2.05, 4.69) is 59.3 Å². The molecule has 3 heteroatoms. The molecule has 0 saturated heterocycles. The van der Waals surface area contributed by atoms with Gasteiger partial charge in [-0.25, -0.2) is 4.99 Å². The molecule has 0 spiro atoms. The van der Waals surface area contributed by atoms with Crippen LogP contribution in [0.15, 0.2) is 71.0 Å². The van der Waals surface area contributed by atoms with Gasteiger partial charge in [0.25, 0.3) is 0 Å². The lowest BCUT2D eigenvalue weighted by molar-refractivity contribution is 0.577. The molecule has 0 aliphatic rings. The zero-order valence-electron chi connectivity index (χ0n) is 14.2. The summed E-state index contributed by atoms with van der Waals surface area (Å²) in [6.45, 7) is 3.28. The molecule has 2 aromatic carbocycles. The highest BCUT2D eigenvalue weighted by atomic mass is 32.1. The van der Waals surface area contributed by atoms with Gasteiger partial charge < -0.3 is 4.57 Å². The predicted molar refractivity (Wildman–Crippen MR) is 104 cm³/mol. The van der Waals surface area contributed by atoms with E-state index in [1.165, 1.54) is 36.9 Å². The quantitative estimate of drug-likeness (QED) is 0.469. The van der Waals surface area contributed by atoms with Crippen LogP contribution in [0.1, 0.15) is 32.6 Å². The third kappa shape index (κ3) is 4.24. The molecule has 124 valence electrons. The smallest absolute Gasteiger partial charge is 0.190 e. The average molecular weight is 337 g/mol. The lowest BCUT2D eigenvalue weighted by atomic mass is 10.1. The van der Waals surface area contributed by atoms with Crippen LogP contribution in [-0.4, -0.2) is 4.57 Å². The average Bonchev–Trinajstić information content (AvgIpc) is 3.03. The van der Waals surface area contributed by atoms with Crippen LogP contribution in [0.25, 0.3) is 11.3 Å². The van der Waals surface area contributed by atoms with Crippen LogP contribution in [0.2, 0.25) is 0 Å². The van der Waals surface area contributed by atoms with Crippen LogP contribution in [0.3, 0.4) is 0 Å². The molecule has 0 saturated carbocycles. The first-order chi connectivity index (χ1) is 11.9. The van der Waals surface area contributed by atoms with Gasteiger partial charge in [0, 0.05) is 11.9 Å². The highest BCUT2D eigenvalue weighted by molar-refractivity contribution is 7.07. The van der Waals surface area contributed by atoms with Crippen molar-refractivity contribution in [3.63, 3.8) is 0 Å². The van der Waals surface area contributed by atoms with Gasteiger partial charge in [0.2, 0.25) is 0 Å². The molecule has 1 heterocycles. The number of para-hydroxylation sites is 1. The monoisotopic (exact) mass is 336 g/mol. The van der Waals surface area contributed by atoms with Gasteiger partial charge in [0.05, 0.1) is 11.4 Å². The summed E-state index contributed by atoms with van der Waals surface area (Å²) in [6.07, 6.45) is 5.04. The number of aromatic nitrogens is 1.